The molecule has 1 amide bonds. The van der Waals surface area contributed by atoms with Gasteiger partial charge in [-0.3, -0.25) is 4.79 Å². The molecule has 0 unspecified atom stereocenters. The van der Waals surface area contributed by atoms with E-state index in [9.17, 15) is 4.79 Å². The molecular formula is C21H23IN4O3S. The zero-order valence-corrected chi connectivity index (χ0v) is 20.0. The lowest BCUT2D eigenvalue weighted by atomic mass is 10.2. The monoisotopic (exact) mass is 538 g/mol. The number of rotatable bonds is 9. The van der Waals surface area contributed by atoms with Crippen molar-refractivity contribution in [1.29, 1.82) is 0 Å². The van der Waals surface area contributed by atoms with Crippen molar-refractivity contribution in [3.05, 3.63) is 57.4 Å². The van der Waals surface area contributed by atoms with E-state index in [0.29, 0.717) is 24.1 Å². The summed E-state index contributed by atoms with van der Waals surface area (Å²) in [5, 5.41) is 12.1. The smallest absolute Gasteiger partial charge is 0.234 e. The molecule has 0 atom stereocenters. The van der Waals surface area contributed by atoms with Crippen molar-refractivity contribution in [3.63, 3.8) is 0 Å². The van der Waals surface area contributed by atoms with Gasteiger partial charge in [-0.1, -0.05) is 11.8 Å². The van der Waals surface area contributed by atoms with Gasteiger partial charge < -0.3 is 19.4 Å². The number of methoxy groups -OCH3 is 1. The van der Waals surface area contributed by atoms with Crippen LogP contribution in [0, 0.1) is 10.5 Å². The molecule has 3 rings (SSSR count). The van der Waals surface area contributed by atoms with Gasteiger partial charge >= 0.3 is 0 Å². The van der Waals surface area contributed by atoms with Crippen molar-refractivity contribution in [2.45, 2.75) is 32.2 Å². The fourth-order valence-electron chi connectivity index (χ4n) is 2.75. The Kier molecular flexibility index (Phi) is 7.97. The molecule has 1 aromatic heterocycles. The number of hydrogen-bond acceptors (Lipinski definition) is 6. The van der Waals surface area contributed by atoms with Crippen LogP contribution >= 0.6 is 34.4 Å². The number of hydrogen-bond donors (Lipinski definition) is 1. The van der Waals surface area contributed by atoms with Gasteiger partial charge in [0.1, 0.15) is 18.1 Å². The van der Waals surface area contributed by atoms with E-state index in [4.69, 9.17) is 9.47 Å². The van der Waals surface area contributed by atoms with Crippen LogP contribution in [0.3, 0.4) is 0 Å². The van der Waals surface area contributed by atoms with Crippen LogP contribution in [0.2, 0.25) is 0 Å². The van der Waals surface area contributed by atoms with Crippen LogP contribution in [0.5, 0.6) is 11.5 Å². The number of nitrogens with one attached hydrogen (secondary N) is 1. The fourth-order valence-corrected chi connectivity index (χ4v) is 4.22. The van der Waals surface area contributed by atoms with Gasteiger partial charge in [0.15, 0.2) is 11.0 Å². The second-order valence-electron chi connectivity index (χ2n) is 6.40. The van der Waals surface area contributed by atoms with Gasteiger partial charge in [0.2, 0.25) is 5.91 Å². The first-order chi connectivity index (χ1) is 14.5. The van der Waals surface area contributed by atoms with E-state index >= 15 is 0 Å². The van der Waals surface area contributed by atoms with Gasteiger partial charge in [0, 0.05) is 15.8 Å². The van der Waals surface area contributed by atoms with Crippen LogP contribution in [-0.2, 0) is 17.9 Å². The van der Waals surface area contributed by atoms with Crippen molar-refractivity contribution in [3.8, 4) is 11.5 Å². The minimum Gasteiger partial charge on any atom is -0.497 e. The van der Waals surface area contributed by atoms with Crippen molar-refractivity contribution < 1.29 is 14.3 Å². The van der Waals surface area contributed by atoms with Crippen molar-refractivity contribution in [2.75, 3.05) is 18.2 Å². The number of halogens is 1. The molecule has 0 spiro atoms. The Morgan fingerprint density at radius 2 is 1.90 bits per heavy atom. The maximum absolute atomic E-state index is 12.4. The number of thioether (sulfide) groups is 1. The molecule has 1 heterocycles. The van der Waals surface area contributed by atoms with Gasteiger partial charge in [-0.25, -0.2) is 0 Å². The van der Waals surface area contributed by atoms with E-state index in [1.807, 2.05) is 60.9 Å². The van der Waals surface area contributed by atoms with Crippen molar-refractivity contribution in [1.82, 2.24) is 14.8 Å². The van der Waals surface area contributed by atoms with Gasteiger partial charge in [0.25, 0.3) is 0 Å². The standard InChI is InChI=1S/C21H23IN4O3S/c1-4-26-19(12-29-17-8-6-16(28-3)7-9-17)24-25-21(26)30-13-20(27)23-18-10-5-15(22)11-14(18)2/h5-11H,4,12-13H2,1-3H3,(H,23,27). The van der Waals surface area contributed by atoms with Gasteiger partial charge in [-0.05, 0) is 84.5 Å². The van der Waals surface area contributed by atoms with Crippen LogP contribution in [0.4, 0.5) is 5.69 Å². The number of aromatic nitrogens is 3. The zero-order valence-electron chi connectivity index (χ0n) is 17.0. The molecule has 7 nitrogen and oxygen atoms in total. The minimum absolute atomic E-state index is 0.0778. The Labute approximate surface area is 193 Å². The maximum Gasteiger partial charge on any atom is 0.234 e. The summed E-state index contributed by atoms with van der Waals surface area (Å²) in [5.74, 6) is 2.39. The highest BCUT2D eigenvalue weighted by Gasteiger charge is 2.14. The van der Waals surface area contributed by atoms with E-state index in [1.165, 1.54) is 11.8 Å². The number of ether oxygens (including phenoxy) is 2. The van der Waals surface area contributed by atoms with Crippen LogP contribution in [0.25, 0.3) is 0 Å². The second-order valence-corrected chi connectivity index (χ2v) is 8.59. The molecular weight excluding hydrogens is 515 g/mol. The summed E-state index contributed by atoms with van der Waals surface area (Å²) in [5.41, 5.74) is 1.86. The van der Waals surface area contributed by atoms with Crippen LogP contribution < -0.4 is 14.8 Å². The highest BCUT2D eigenvalue weighted by Crippen LogP contribution is 2.22. The first kappa shape index (κ1) is 22.4. The summed E-state index contributed by atoms with van der Waals surface area (Å²) >= 11 is 3.61. The van der Waals surface area contributed by atoms with E-state index < -0.39 is 0 Å². The molecule has 9 heteroatoms. The Bertz CT molecular complexity index is 1010. The van der Waals surface area contributed by atoms with Gasteiger partial charge in [-0.2, -0.15) is 0 Å². The summed E-state index contributed by atoms with van der Waals surface area (Å²) < 4.78 is 14.0. The highest BCUT2D eigenvalue weighted by molar-refractivity contribution is 14.1. The zero-order chi connectivity index (χ0) is 21.5. The number of benzene rings is 2. The molecule has 30 heavy (non-hydrogen) atoms. The third-order valence-corrected chi connectivity index (χ3v) is 5.97. The van der Waals surface area contributed by atoms with Gasteiger partial charge in [0.05, 0.1) is 12.9 Å². The second kappa shape index (κ2) is 10.7. The molecule has 0 aliphatic carbocycles. The Morgan fingerprint density at radius 3 is 2.57 bits per heavy atom. The minimum atomic E-state index is -0.0778. The SMILES string of the molecule is CCn1c(COc2ccc(OC)cc2)nnc1SCC(=O)Nc1ccc(I)cc1C. The lowest BCUT2D eigenvalue weighted by molar-refractivity contribution is -0.113. The fraction of sp³-hybridized carbons (Fsp3) is 0.286. The molecule has 1 N–H and O–H groups in total. The van der Waals surface area contributed by atoms with E-state index in [2.05, 4.69) is 38.1 Å². The average molecular weight is 538 g/mol. The van der Waals surface area contributed by atoms with E-state index in [0.717, 1.165) is 26.3 Å². The van der Waals surface area contributed by atoms with Crippen LogP contribution in [-0.4, -0.2) is 33.5 Å². The first-order valence-corrected chi connectivity index (χ1v) is 11.4. The van der Waals surface area contributed by atoms with Crippen LogP contribution in [0.1, 0.15) is 18.3 Å². The molecule has 0 saturated heterocycles. The quantitative estimate of drug-likeness (QED) is 0.319. The summed E-state index contributed by atoms with van der Waals surface area (Å²) in [4.78, 5) is 12.4. The molecule has 0 saturated carbocycles. The Morgan fingerprint density at radius 1 is 1.17 bits per heavy atom. The lowest BCUT2D eigenvalue weighted by Crippen LogP contribution is -2.15. The number of aryl methyl sites for hydroxylation is 1. The molecule has 158 valence electrons. The average Bonchev–Trinajstić information content (AvgIpc) is 3.15. The predicted molar refractivity (Wildman–Crippen MR) is 126 cm³/mol. The van der Waals surface area contributed by atoms with E-state index in [1.54, 1.807) is 7.11 Å². The third kappa shape index (κ3) is 5.88. The maximum atomic E-state index is 12.4. The summed E-state index contributed by atoms with van der Waals surface area (Å²) in [6.45, 7) is 4.98. The molecule has 3 aromatic rings. The van der Waals surface area contributed by atoms with E-state index in [-0.39, 0.29) is 11.7 Å². The highest BCUT2D eigenvalue weighted by atomic mass is 127. The third-order valence-electron chi connectivity index (χ3n) is 4.33. The first-order valence-electron chi connectivity index (χ1n) is 9.38. The van der Waals surface area contributed by atoms with Crippen molar-refractivity contribution in [2.24, 2.45) is 0 Å². The molecule has 2 aromatic carbocycles. The Balaban J connectivity index is 1.57. The predicted octanol–water partition coefficient (Wildman–Crippen LogP) is 4.53. The number of carbonyl (C=O) groups excluding carboxylic acids is 1. The molecule has 0 fully saturated rings. The summed E-state index contributed by atoms with van der Waals surface area (Å²) in [6.07, 6.45) is 0. The largest absolute Gasteiger partial charge is 0.497 e. The van der Waals surface area contributed by atoms with Gasteiger partial charge in [-0.15, -0.1) is 10.2 Å². The number of carbonyl (C=O) groups is 1. The lowest BCUT2D eigenvalue weighted by Gasteiger charge is -2.10. The molecule has 0 aliphatic heterocycles. The number of anilines is 1. The number of nitrogens with zero attached hydrogens (tertiary/aromatic N) is 3. The Hall–Kier alpha value is -2.27. The molecule has 0 aliphatic rings. The normalized spacial score (nSPS) is 10.7. The summed E-state index contributed by atoms with van der Waals surface area (Å²) in [7, 11) is 1.63. The number of amides is 1. The van der Waals surface area contributed by atoms with Crippen LogP contribution in [0.15, 0.2) is 47.6 Å². The molecule has 0 bridgehead atoms. The molecule has 0 radical (unpaired) electrons. The topological polar surface area (TPSA) is 78.3 Å². The van der Waals surface area contributed by atoms with Crippen molar-refractivity contribution >= 4 is 45.9 Å². The summed E-state index contributed by atoms with van der Waals surface area (Å²) in [6, 6.07) is 13.3.